The lowest BCUT2D eigenvalue weighted by Gasteiger charge is -2.32. The molecule has 1 aliphatic carbocycles. The molecule has 0 saturated heterocycles. The van der Waals surface area contributed by atoms with E-state index in [0.717, 1.165) is 12.8 Å². The van der Waals surface area contributed by atoms with Gasteiger partial charge in [-0.2, -0.15) is 0 Å². The average molecular weight is 256 g/mol. The summed E-state index contributed by atoms with van der Waals surface area (Å²) in [5.41, 5.74) is -0.192. The fraction of sp³-hybridized carbons (Fsp3) is 1.00. The second-order valence-corrected chi connectivity index (χ2v) is 6.26. The van der Waals surface area contributed by atoms with Gasteiger partial charge in [-0.15, -0.1) is 0 Å². The highest BCUT2D eigenvalue weighted by atomic mass is 28.4. The van der Waals surface area contributed by atoms with Crippen LogP contribution in [0.25, 0.3) is 0 Å². The summed E-state index contributed by atoms with van der Waals surface area (Å²) >= 11 is 0. The minimum Gasteiger partial charge on any atom is -0.390 e. The minimum atomic E-state index is -3.49. The molecule has 5 nitrogen and oxygen atoms in total. The minimum absolute atomic E-state index is 0.0895. The Hall–Kier alpha value is 0.0169. The zero-order valence-electron chi connectivity index (χ0n) is 12.8. The van der Waals surface area contributed by atoms with Crippen molar-refractivity contribution in [3.8, 4) is 0 Å². The molecule has 0 radical (unpaired) electrons. The summed E-state index contributed by atoms with van der Waals surface area (Å²) in [7, 11) is -3.49. The van der Waals surface area contributed by atoms with E-state index in [-0.39, 0.29) is 17.9 Å². The number of hydrogen-bond donors (Lipinski definition) is 3. The Bertz CT molecular complexity index is 241. The Morgan fingerprint density at radius 1 is 1.31 bits per heavy atom. The third kappa shape index (κ3) is 4.48. The van der Waals surface area contributed by atoms with Gasteiger partial charge in [0.1, 0.15) is 0 Å². The van der Waals surface area contributed by atoms with E-state index in [0.29, 0.717) is 19.4 Å². The van der Waals surface area contributed by atoms with Gasteiger partial charge in [-0.3, -0.25) is 0 Å². The predicted octanol–water partition coefficient (Wildman–Crippen LogP) is 0.614. The van der Waals surface area contributed by atoms with E-state index in [1.165, 1.54) is 0 Å². The lowest BCUT2D eigenvalue weighted by atomic mass is 9.97. The van der Waals surface area contributed by atoms with Gasteiger partial charge < -0.3 is 23.9 Å². The quantitative estimate of drug-likeness (QED) is 0.438. The molecule has 96 valence electrons. The summed E-state index contributed by atoms with van der Waals surface area (Å²) < 4.78 is 32.0. The standard InChI is InChI=1S/C10H22O5Si/c1-3-14-8(2)15-9-4-6-10(7-5-9)16(11,12)13/h8-13H,3-7H2,1-2H3/i11T,12T,13T. The first-order chi connectivity index (χ1) is 9.11. The summed E-state index contributed by atoms with van der Waals surface area (Å²) in [6.07, 6.45) is 2.69. The lowest BCUT2D eigenvalue weighted by molar-refractivity contribution is -0.163. The molecule has 16 heavy (non-hydrogen) atoms. The molecule has 1 fully saturated rings. The topological polar surface area (TPSA) is 79.2 Å². The van der Waals surface area contributed by atoms with Gasteiger partial charge in [0.2, 0.25) is 0 Å². The van der Waals surface area contributed by atoms with Crippen LogP contribution in [0.3, 0.4) is 0 Å². The van der Waals surface area contributed by atoms with Crippen molar-refractivity contribution in [1.29, 1.82) is 4.29 Å². The van der Waals surface area contributed by atoms with Gasteiger partial charge in [0.15, 0.2) is 10.6 Å². The van der Waals surface area contributed by atoms with Gasteiger partial charge in [-0.1, -0.05) is 0 Å². The molecule has 0 amide bonds. The fourth-order valence-corrected chi connectivity index (χ4v) is 3.14. The van der Waals surface area contributed by atoms with Crippen LogP contribution in [0.1, 0.15) is 39.5 Å². The van der Waals surface area contributed by atoms with Crippen LogP contribution in [0.2, 0.25) is 5.54 Å². The highest BCUT2D eigenvalue weighted by Gasteiger charge is 2.41. The van der Waals surface area contributed by atoms with Gasteiger partial charge in [0, 0.05) is 12.1 Å². The Morgan fingerprint density at radius 3 is 2.44 bits per heavy atom. The summed E-state index contributed by atoms with van der Waals surface area (Å²) in [5, 5.41) is 0. The molecule has 1 atom stereocenters. The highest BCUT2D eigenvalue weighted by molar-refractivity contribution is 6.58. The van der Waals surface area contributed by atoms with Gasteiger partial charge >= 0.3 is 8.80 Å². The second-order valence-electron chi connectivity index (χ2n) is 4.24. The second kappa shape index (κ2) is 6.09. The van der Waals surface area contributed by atoms with Crippen LogP contribution in [0.4, 0.5) is 0 Å². The summed E-state index contributed by atoms with van der Waals surface area (Å²) in [4.78, 5) is 13.3. The first kappa shape index (κ1) is 9.99. The van der Waals surface area contributed by atoms with Crippen molar-refractivity contribution in [2.45, 2.75) is 57.5 Å². The molecule has 1 aliphatic rings. The van der Waals surface area contributed by atoms with Gasteiger partial charge in [-0.25, -0.2) is 0 Å². The van der Waals surface area contributed by atoms with E-state index in [4.69, 9.17) is 13.8 Å². The Morgan fingerprint density at radius 2 is 1.94 bits per heavy atom. The summed E-state index contributed by atoms with van der Waals surface area (Å²) in [6, 6.07) is 0. The number of ether oxygens (including phenoxy) is 2. The Balaban J connectivity index is 2.43. The van der Waals surface area contributed by atoms with Crippen molar-refractivity contribution in [3.63, 3.8) is 0 Å². The van der Waals surface area contributed by atoms with Crippen molar-refractivity contribution in [3.05, 3.63) is 0 Å². The van der Waals surface area contributed by atoms with Gasteiger partial charge in [-0.05, 0) is 39.5 Å². The normalized spacial score (nSPS) is 31.5. The van der Waals surface area contributed by atoms with E-state index in [1.54, 1.807) is 0 Å². The molecule has 1 rings (SSSR count). The van der Waals surface area contributed by atoms with E-state index in [2.05, 4.69) is 14.4 Å². The van der Waals surface area contributed by atoms with Crippen molar-refractivity contribution in [2.24, 2.45) is 0 Å². The van der Waals surface area contributed by atoms with Crippen LogP contribution >= 0.6 is 0 Å². The molecular weight excluding hydrogens is 228 g/mol. The summed E-state index contributed by atoms with van der Waals surface area (Å²) in [5.74, 6) is 0. The Labute approximate surface area is 102 Å². The molecular formula is C10H22O5Si. The third-order valence-electron chi connectivity index (χ3n) is 2.96. The average Bonchev–Trinajstić information content (AvgIpc) is 2.43. The van der Waals surface area contributed by atoms with Crippen LogP contribution in [0, 0.1) is 0 Å². The molecule has 3 N–H and O–H groups in total. The predicted molar refractivity (Wildman–Crippen MR) is 60.6 cm³/mol. The molecule has 1 unspecified atom stereocenters. The van der Waals surface area contributed by atoms with E-state index >= 15 is 0 Å². The SMILES string of the molecule is [3H]O[Si](O[3H])(O[3H])C1CCC(OC(C)OCC)CC1. The van der Waals surface area contributed by atoms with Gasteiger partial charge in [0.05, 0.1) is 6.10 Å². The van der Waals surface area contributed by atoms with Crippen LogP contribution in [-0.2, 0) is 9.47 Å². The molecule has 0 heterocycles. The van der Waals surface area contributed by atoms with Crippen LogP contribution < -0.4 is 0 Å². The maximum absolute atomic E-state index is 6.98. The van der Waals surface area contributed by atoms with Gasteiger partial charge in [0.25, 0.3) is 0 Å². The van der Waals surface area contributed by atoms with E-state index in [1.807, 2.05) is 13.8 Å². The van der Waals surface area contributed by atoms with Crippen LogP contribution in [0.15, 0.2) is 0 Å². The maximum Gasteiger partial charge on any atom is 0.496 e. The zero-order chi connectivity index (χ0) is 14.3. The van der Waals surface area contributed by atoms with Crippen LogP contribution in [0.5, 0.6) is 0 Å². The molecule has 0 aromatic carbocycles. The van der Waals surface area contributed by atoms with Crippen molar-refractivity contribution < 1.29 is 23.9 Å². The molecule has 0 spiro atoms. The van der Waals surface area contributed by atoms with Crippen molar-refractivity contribution in [1.82, 2.24) is 0 Å². The molecule has 0 aromatic heterocycles. The summed E-state index contributed by atoms with van der Waals surface area (Å²) in [6.45, 7) is 4.39. The van der Waals surface area contributed by atoms with E-state index in [9.17, 15) is 0 Å². The first-order valence-electron chi connectivity index (χ1n) is 7.04. The Kier molecular flexibility index (Phi) is 3.80. The smallest absolute Gasteiger partial charge is 0.390 e. The molecule has 6 heteroatoms. The fourth-order valence-electron chi connectivity index (χ4n) is 2.10. The first-order valence-corrected chi connectivity index (χ1v) is 7.62. The molecule has 1 saturated carbocycles. The highest BCUT2D eigenvalue weighted by Crippen LogP contribution is 2.34. The third-order valence-corrected chi connectivity index (χ3v) is 4.54. The van der Waals surface area contributed by atoms with Crippen molar-refractivity contribution in [2.75, 3.05) is 6.61 Å². The zero-order valence-corrected chi connectivity index (χ0v) is 10.8. The number of rotatable bonds is 8. The molecule has 0 aliphatic heterocycles. The molecule has 0 bridgehead atoms. The maximum atomic E-state index is 6.98. The number of hydrogen-bond acceptors (Lipinski definition) is 5. The molecule has 0 aromatic rings. The van der Waals surface area contributed by atoms with Crippen LogP contribution in [-0.4, -0.2) is 46.5 Å². The van der Waals surface area contributed by atoms with Crippen molar-refractivity contribution >= 4 is 8.80 Å². The largest absolute Gasteiger partial charge is 0.496 e. The monoisotopic (exact) mass is 256 g/mol. The lowest BCUT2D eigenvalue weighted by Crippen LogP contribution is -2.43. The van der Waals surface area contributed by atoms with E-state index < -0.39 is 8.80 Å².